The molecule has 0 spiro atoms. The number of halogens is 2. The number of hydrogen-bond donors (Lipinski definition) is 3. The van der Waals surface area contributed by atoms with Gasteiger partial charge in [0.05, 0.1) is 12.1 Å². The first-order chi connectivity index (χ1) is 15.5. The monoisotopic (exact) mass is 468 g/mol. The van der Waals surface area contributed by atoms with Gasteiger partial charge in [-0.05, 0) is 47.4 Å². The normalized spacial score (nSPS) is 11.5. The summed E-state index contributed by atoms with van der Waals surface area (Å²) in [6.45, 7) is 0. The van der Waals surface area contributed by atoms with Crippen molar-refractivity contribution in [2.75, 3.05) is 0 Å². The highest BCUT2D eigenvalue weighted by Crippen LogP contribution is 2.32. The number of carboxylic acid groups (broad SMARTS) is 1. The fraction of sp³-hybridized carbons (Fsp3) is 0.125. The molecule has 0 unspecified atom stereocenters. The molecule has 9 heteroatoms. The SMILES string of the molecule is Cl.N[C@@H](CC(=O)O)Cc1cc(-c2ccccc2)ccc1Oc1ncc(-c2ccn[nH]2)cc1F. The minimum absolute atomic E-state index is 0. The second kappa shape index (κ2) is 10.7. The lowest BCUT2D eigenvalue weighted by Crippen LogP contribution is -2.26. The number of carboxylic acids is 1. The van der Waals surface area contributed by atoms with Gasteiger partial charge in [-0.2, -0.15) is 5.10 Å². The molecule has 2 aromatic heterocycles. The molecule has 4 rings (SSSR count). The molecule has 0 bridgehead atoms. The largest absolute Gasteiger partial charge is 0.481 e. The number of aromatic amines is 1. The highest BCUT2D eigenvalue weighted by molar-refractivity contribution is 5.85. The number of nitrogens with two attached hydrogens (primary N) is 1. The minimum atomic E-state index is -0.985. The predicted octanol–water partition coefficient (Wildman–Crippen LogP) is 4.84. The van der Waals surface area contributed by atoms with E-state index >= 15 is 0 Å². The van der Waals surface area contributed by atoms with E-state index in [0.29, 0.717) is 22.6 Å². The van der Waals surface area contributed by atoms with Crippen LogP contribution in [0.3, 0.4) is 0 Å². The second-order valence-corrected chi connectivity index (χ2v) is 7.33. The summed E-state index contributed by atoms with van der Waals surface area (Å²) >= 11 is 0. The minimum Gasteiger partial charge on any atom is -0.481 e. The molecule has 4 N–H and O–H groups in total. The molecule has 0 radical (unpaired) electrons. The van der Waals surface area contributed by atoms with Gasteiger partial charge >= 0.3 is 5.97 Å². The molecular formula is C24H22ClFN4O3. The van der Waals surface area contributed by atoms with Gasteiger partial charge in [0.2, 0.25) is 0 Å². The topological polar surface area (TPSA) is 114 Å². The van der Waals surface area contributed by atoms with Crippen molar-refractivity contribution in [1.29, 1.82) is 0 Å². The quantitative estimate of drug-likeness (QED) is 0.341. The number of H-pyrrole nitrogens is 1. The van der Waals surface area contributed by atoms with Crippen molar-refractivity contribution in [2.45, 2.75) is 18.9 Å². The first kappa shape index (κ1) is 23.9. The Bertz CT molecular complexity index is 1220. The molecule has 0 saturated heterocycles. The lowest BCUT2D eigenvalue weighted by atomic mass is 9.97. The van der Waals surface area contributed by atoms with Gasteiger partial charge in [-0.15, -0.1) is 12.4 Å². The molecule has 0 aliphatic rings. The third kappa shape index (κ3) is 5.94. The van der Waals surface area contributed by atoms with Crippen molar-refractivity contribution < 1.29 is 19.0 Å². The van der Waals surface area contributed by atoms with E-state index in [4.69, 9.17) is 15.6 Å². The molecule has 0 aliphatic heterocycles. The van der Waals surface area contributed by atoms with Crippen molar-refractivity contribution in [3.8, 4) is 34.0 Å². The molecule has 0 saturated carbocycles. The van der Waals surface area contributed by atoms with Crippen molar-refractivity contribution in [1.82, 2.24) is 15.2 Å². The Morgan fingerprint density at radius 3 is 2.55 bits per heavy atom. The van der Waals surface area contributed by atoms with Crippen LogP contribution in [-0.4, -0.2) is 32.3 Å². The van der Waals surface area contributed by atoms with E-state index in [1.807, 2.05) is 42.5 Å². The third-order valence-electron chi connectivity index (χ3n) is 4.91. The Balaban J connectivity index is 0.00000306. The zero-order valence-electron chi connectivity index (χ0n) is 17.4. The van der Waals surface area contributed by atoms with Gasteiger partial charge in [-0.25, -0.2) is 9.37 Å². The molecule has 2 heterocycles. The van der Waals surface area contributed by atoms with Crippen LogP contribution in [0.4, 0.5) is 4.39 Å². The fourth-order valence-electron chi connectivity index (χ4n) is 3.40. The number of nitrogens with zero attached hydrogens (tertiary/aromatic N) is 2. The van der Waals surface area contributed by atoms with E-state index in [0.717, 1.165) is 11.1 Å². The number of ether oxygens (including phenoxy) is 1. The summed E-state index contributed by atoms with van der Waals surface area (Å²) in [5.74, 6) is -1.44. The molecule has 2 aromatic carbocycles. The van der Waals surface area contributed by atoms with E-state index < -0.39 is 17.8 Å². The molecule has 170 valence electrons. The zero-order chi connectivity index (χ0) is 22.5. The number of benzene rings is 2. The fourth-order valence-corrected chi connectivity index (χ4v) is 3.40. The van der Waals surface area contributed by atoms with Crippen LogP contribution < -0.4 is 10.5 Å². The Hall–Kier alpha value is -3.75. The van der Waals surface area contributed by atoms with Crippen LogP contribution in [0.2, 0.25) is 0 Å². The molecule has 7 nitrogen and oxygen atoms in total. The third-order valence-corrected chi connectivity index (χ3v) is 4.91. The predicted molar refractivity (Wildman–Crippen MR) is 125 cm³/mol. The molecule has 0 amide bonds. The van der Waals surface area contributed by atoms with E-state index in [-0.39, 0.29) is 31.1 Å². The smallest absolute Gasteiger partial charge is 0.304 e. The van der Waals surface area contributed by atoms with Gasteiger partial charge in [-0.1, -0.05) is 36.4 Å². The van der Waals surface area contributed by atoms with Crippen LogP contribution in [0.5, 0.6) is 11.6 Å². The molecule has 33 heavy (non-hydrogen) atoms. The number of nitrogens with one attached hydrogen (secondary N) is 1. The Labute approximate surface area is 195 Å². The van der Waals surface area contributed by atoms with Crippen molar-refractivity contribution >= 4 is 18.4 Å². The van der Waals surface area contributed by atoms with Crippen LogP contribution in [0.25, 0.3) is 22.4 Å². The number of hydrogen-bond acceptors (Lipinski definition) is 5. The highest BCUT2D eigenvalue weighted by atomic mass is 35.5. The van der Waals surface area contributed by atoms with Crippen molar-refractivity contribution in [2.24, 2.45) is 5.73 Å². The zero-order valence-corrected chi connectivity index (χ0v) is 18.3. The van der Waals surface area contributed by atoms with Crippen molar-refractivity contribution in [3.63, 3.8) is 0 Å². The Morgan fingerprint density at radius 2 is 1.88 bits per heavy atom. The summed E-state index contributed by atoms with van der Waals surface area (Å²) in [6, 6.07) is 17.6. The van der Waals surface area contributed by atoms with E-state index in [2.05, 4.69) is 15.2 Å². The summed E-state index contributed by atoms with van der Waals surface area (Å²) in [6.07, 6.45) is 3.11. The number of aromatic nitrogens is 3. The Kier molecular flexibility index (Phi) is 7.76. The summed E-state index contributed by atoms with van der Waals surface area (Å²) in [5.41, 5.74) is 9.77. The van der Waals surface area contributed by atoms with Gasteiger partial charge in [-0.3, -0.25) is 9.89 Å². The average molecular weight is 469 g/mol. The maximum absolute atomic E-state index is 14.7. The Morgan fingerprint density at radius 1 is 1.09 bits per heavy atom. The standard InChI is InChI=1S/C24H21FN4O3.ClH/c25-20-12-18(21-8-9-28-29-21)14-27-24(20)32-22-7-6-16(15-4-2-1-3-5-15)10-17(22)11-19(26)13-23(30)31;/h1-10,12,14,19H,11,13,26H2,(H,28,29)(H,30,31);1H/t19-;/m1./s1. The van der Waals surface area contributed by atoms with Gasteiger partial charge in [0.1, 0.15) is 5.75 Å². The van der Waals surface area contributed by atoms with E-state index in [1.165, 1.54) is 12.3 Å². The summed E-state index contributed by atoms with van der Waals surface area (Å²) in [7, 11) is 0. The van der Waals surface area contributed by atoms with Gasteiger partial charge in [0, 0.05) is 24.0 Å². The molecular weight excluding hydrogens is 447 g/mol. The summed E-state index contributed by atoms with van der Waals surface area (Å²) in [4.78, 5) is 15.2. The molecule has 1 atom stereocenters. The number of aliphatic carboxylic acids is 1. The van der Waals surface area contributed by atoms with Gasteiger partial charge in [0.15, 0.2) is 5.82 Å². The van der Waals surface area contributed by atoms with E-state index in [9.17, 15) is 9.18 Å². The number of carbonyl (C=O) groups is 1. The maximum atomic E-state index is 14.7. The molecule has 4 aromatic rings. The maximum Gasteiger partial charge on any atom is 0.304 e. The highest BCUT2D eigenvalue weighted by Gasteiger charge is 2.17. The lowest BCUT2D eigenvalue weighted by Gasteiger charge is -2.16. The van der Waals surface area contributed by atoms with Crippen LogP contribution in [-0.2, 0) is 11.2 Å². The van der Waals surface area contributed by atoms with Crippen molar-refractivity contribution in [3.05, 3.63) is 84.4 Å². The molecule has 0 aliphatic carbocycles. The van der Waals surface area contributed by atoms with Crippen LogP contribution in [0, 0.1) is 5.82 Å². The lowest BCUT2D eigenvalue weighted by molar-refractivity contribution is -0.137. The first-order valence-corrected chi connectivity index (χ1v) is 9.98. The van der Waals surface area contributed by atoms with Crippen LogP contribution in [0.1, 0.15) is 12.0 Å². The van der Waals surface area contributed by atoms with Gasteiger partial charge in [0.25, 0.3) is 5.88 Å². The molecule has 0 fully saturated rings. The number of pyridine rings is 1. The van der Waals surface area contributed by atoms with Crippen LogP contribution >= 0.6 is 12.4 Å². The van der Waals surface area contributed by atoms with E-state index in [1.54, 1.807) is 18.3 Å². The van der Waals surface area contributed by atoms with Gasteiger partial charge < -0.3 is 15.6 Å². The summed E-state index contributed by atoms with van der Waals surface area (Å²) < 4.78 is 20.5. The second-order valence-electron chi connectivity index (χ2n) is 7.33. The summed E-state index contributed by atoms with van der Waals surface area (Å²) in [5, 5.41) is 15.7. The van der Waals surface area contributed by atoms with Crippen LogP contribution in [0.15, 0.2) is 73.1 Å². The number of rotatable bonds is 8. The average Bonchev–Trinajstić information content (AvgIpc) is 3.31. The first-order valence-electron chi connectivity index (χ1n) is 9.98.